The number of nitrogens with zero attached hydrogens (tertiary/aromatic N) is 1. The molecule has 0 fully saturated rings. The number of pyridine rings is 1. The predicted molar refractivity (Wildman–Crippen MR) is 54.8 cm³/mol. The second-order valence-corrected chi connectivity index (χ2v) is 3.37. The van der Waals surface area contributed by atoms with Crippen molar-refractivity contribution in [2.24, 2.45) is 0 Å². The van der Waals surface area contributed by atoms with E-state index >= 15 is 0 Å². The van der Waals surface area contributed by atoms with Crippen molar-refractivity contribution in [3.8, 4) is 0 Å². The molecule has 1 aromatic heterocycles. The minimum atomic E-state index is -2.67. The van der Waals surface area contributed by atoms with Crippen molar-refractivity contribution >= 4 is 17.6 Å². The van der Waals surface area contributed by atoms with Crippen LogP contribution in [0, 0.1) is 6.92 Å². The van der Waals surface area contributed by atoms with Crippen LogP contribution in [0.25, 0.3) is 0 Å². The maximum atomic E-state index is 12.7. The van der Waals surface area contributed by atoms with Gasteiger partial charge >= 0.3 is 5.97 Å². The maximum absolute atomic E-state index is 12.7. The van der Waals surface area contributed by atoms with E-state index in [9.17, 15) is 13.6 Å². The summed E-state index contributed by atoms with van der Waals surface area (Å²) >= 11 is 5.52. The summed E-state index contributed by atoms with van der Waals surface area (Å²) in [7, 11) is 1.17. The SMILES string of the molecule is COC(=O)c1nc(CCl)cc(C(F)F)c1C. The number of alkyl halides is 3. The molecule has 0 saturated carbocycles. The molecule has 16 heavy (non-hydrogen) atoms. The van der Waals surface area contributed by atoms with Gasteiger partial charge in [0, 0.05) is 5.56 Å². The van der Waals surface area contributed by atoms with Crippen LogP contribution in [0.15, 0.2) is 6.07 Å². The summed E-state index contributed by atoms with van der Waals surface area (Å²) in [6.07, 6.45) is -2.67. The van der Waals surface area contributed by atoms with Crippen LogP contribution in [0.4, 0.5) is 8.78 Å². The molecule has 6 heteroatoms. The summed E-state index contributed by atoms with van der Waals surface area (Å²) in [4.78, 5) is 15.2. The van der Waals surface area contributed by atoms with E-state index in [1.54, 1.807) is 0 Å². The predicted octanol–water partition coefficient (Wildman–Crippen LogP) is 2.85. The van der Waals surface area contributed by atoms with Crippen LogP contribution in [-0.4, -0.2) is 18.1 Å². The Bertz CT molecular complexity index is 410. The van der Waals surface area contributed by atoms with Crippen LogP contribution in [-0.2, 0) is 10.6 Å². The van der Waals surface area contributed by atoms with E-state index in [0.29, 0.717) is 0 Å². The number of aromatic nitrogens is 1. The number of hydrogen-bond donors (Lipinski definition) is 0. The number of esters is 1. The minimum Gasteiger partial charge on any atom is -0.464 e. The Kier molecular flexibility index (Phi) is 4.18. The topological polar surface area (TPSA) is 39.2 Å². The van der Waals surface area contributed by atoms with Crippen LogP contribution >= 0.6 is 11.6 Å². The lowest BCUT2D eigenvalue weighted by Gasteiger charge is -2.10. The average molecular weight is 250 g/mol. The molecule has 0 aliphatic heterocycles. The van der Waals surface area contributed by atoms with Crippen LogP contribution in [0.1, 0.15) is 33.7 Å². The Labute approximate surface area is 96.4 Å². The third-order valence-electron chi connectivity index (χ3n) is 2.12. The normalized spacial score (nSPS) is 10.6. The van der Waals surface area contributed by atoms with Crippen molar-refractivity contribution in [1.29, 1.82) is 0 Å². The summed E-state index contributed by atoms with van der Waals surface area (Å²) in [5.41, 5.74) is -0.0133. The van der Waals surface area contributed by atoms with Gasteiger partial charge in [-0.05, 0) is 18.6 Å². The number of carbonyl (C=O) groups excluding carboxylic acids is 1. The summed E-state index contributed by atoms with van der Waals surface area (Å²) in [5.74, 6) is -0.782. The molecule has 0 aliphatic carbocycles. The molecule has 0 radical (unpaired) electrons. The van der Waals surface area contributed by atoms with Crippen LogP contribution in [0.3, 0.4) is 0 Å². The molecule has 1 aromatic rings. The maximum Gasteiger partial charge on any atom is 0.356 e. The second kappa shape index (κ2) is 5.21. The highest BCUT2D eigenvalue weighted by molar-refractivity contribution is 6.16. The molecule has 0 spiro atoms. The summed E-state index contributed by atoms with van der Waals surface area (Å²) < 4.78 is 29.8. The minimum absolute atomic E-state index is 0.0377. The molecule has 0 N–H and O–H groups in total. The third-order valence-corrected chi connectivity index (χ3v) is 2.39. The first-order valence-electron chi connectivity index (χ1n) is 4.44. The molecule has 0 saturated heterocycles. The van der Waals surface area contributed by atoms with Crippen LogP contribution in [0.2, 0.25) is 0 Å². The Morgan fingerprint density at radius 1 is 1.62 bits per heavy atom. The summed E-state index contributed by atoms with van der Waals surface area (Å²) in [6, 6.07) is 1.19. The van der Waals surface area contributed by atoms with Gasteiger partial charge in [0.15, 0.2) is 5.69 Å². The van der Waals surface area contributed by atoms with E-state index < -0.39 is 12.4 Å². The molecule has 3 nitrogen and oxygen atoms in total. The van der Waals surface area contributed by atoms with Gasteiger partial charge in [-0.15, -0.1) is 11.6 Å². The molecular weight excluding hydrogens is 240 g/mol. The lowest BCUT2D eigenvalue weighted by molar-refractivity contribution is 0.0592. The van der Waals surface area contributed by atoms with Gasteiger partial charge in [0.1, 0.15) is 0 Å². The molecule has 0 unspecified atom stereocenters. The van der Waals surface area contributed by atoms with E-state index in [4.69, 9.17) is 11.6 Å². The van der Waals surface area contributed by atoms with E-state index in [2.05, 4.69) is 9.72 Å². The molecule has 0 aliphatic rings. The Balaban J connectivity index is 3.37. The van der Waals surface area contributed by atoms with Gasteiger partial charge in [-0.1, -0.05) is 0 Å². The van der Waals surface area contributed by atoms with E-state index in [0.717, 1.165) is 0 Å². The fraction of sp³-hybridized carbons (Fsp3) is 0.400. The molecule has 0 aromatic carbocycles. The quantitative estimate of drug-likeness (QED) is 0.611. The Hall–Kier alpha value is -1.23. The number of halogens is 3. The van der Waals surface area contributed by atoms with Crippen molar-refractivity contribution in [3.05, 3.63) is 28.6 Å². The molecule has 0 amide bonds. The van der Waals surface area contributed by atoms with Gasteiger partial charge < -0.3 is 4.74 Å². The molecule has 0 bridgehead atoms. The van der Waals surface area contributed by atoms with Crippen molar-refractivity contribution in [2.75, 3.05) is 7.11 Å². The fourth-order valence-corrected chi connectivity index (χ4v) is 1.41. The lowest BCUT2D eigenvalue weighted by atomic mass is 10.1. The molecular formula is C10H10ClF2NO2. The zero-order chi connectivity index (χ0) is 12.3. The van der Waals surface area contributed by atoms with Crippen molar-refractivity contribution in [2.45, 2.75) is 19.2 Å². The fourth-order valence-electron chi connectivity index (χ4n) is 1.27. The van der Waals surface area contributed by atoms with E-state index in [1.165, 1.54) is 20.1 Å². The molecule has 0 atom stereocenters. The summed E-state index contributed by atoms with van der Waals surface area (Å²) in [6.45, 7) is 1.40. The van der Waals surface area contributed by atoms with Gasteiger partial charge in [-0.25, -0.2) is 18.6 Å². The molecule has 1 heterocycles. The number of hydrogen-bond acceptors (Lipinski definition) is 3. The van der Waals surface area contributed by atoms with Crippen LogP contribution < -0.4 is 0 Å². The number of carbonyl (C=O) groups is 1. The number of methoxy groups -OCH3 is 1. The van der Waals surface area contributed by atoms with Crippen LogP contribution in [0.5, 0.6) is 0 Å². The first-order chi connectivity index (χ1) is 7.51. The van der Waals surface area contributed by atoms with Crippen molar-refractivity contribution in [3.63, 3.8) is 0 Å². The highest BCUT2D eigenvalue weighted by atomic mass is 35.5. The third kappa shape index (κ3) is 2.47. The van der Waals surface area contributed by atoms with Gasteiger partial charge in [-0.2, -0.15) is 0 Å². The van der Waals surface area contributed by atoms with Gasteiger partial charge in [0.2, 0.25) is 0 Å². The van der Waals surface area contributed by atoms with E-state index in [-0.39, 0.29) is 28.4 Å². The second-order valence-electron chi connectivity index (χ2n) is 3.10. The monoisotopic (exact) mass is 249 g/mol. The standard InChI is InChI=1S/C10H10ClF2NO2/c1-5-7(9(12)13)3-6(4-11)14-8(5)10(15)16-2/h3,9H,4H2,1-2H3. The first-order valence-corrected chi connectivity index (χ1v) is 4.97. The molecule has 88 valence electrons. The smallest absolute Gasteiger partial charge is 0.356 e. The largest absolute Gasteiger partial charge is 0.464 e. The zero-order valence-electron chi connectivity index (χ0n) is 8.76. The molecule has 1 rings (SSSR count). The highest BCUT2D eigenvalue weighted by Crippen LogP contribution is 2.25. The van der Waals surface area contributed by atoms with Gasteiger partial charge in [-0.3, -0.25) is 0 Å². The van der Waals surface area contributed by atoms with Crippen molar-refractivity contribution in [1.82, 2.24) is 4.98 Å². The number of rotatable bonds is 3. The summed E-state index contributed by atoms with van der Waals surface area (Å²) in [5, 5.41) is 0. The first kappa shape index (κ1) is 12.8. The van der Waals surface area contributed by atoms with Crippen molar-refractivity contribution < 1.29 is 18.3 Å². The Morgan fingerprint density at radius 2 is 2.25 bits per heavy atom. The highest BCUT2D eigenvalue weighted by Gasteiger charge is 2.20. The number of ether oxygens (including phenoxy) is 1. The van der Waals surface area contributed by atoms with Gasteiger partial charge in [0.25, 0.3) is 6.43 Å². The van der Waals surface area contributed by atoms with E-state index in [1.807, 2.05) is 0 Å². The zero-order valence-corrected chi connectivity index (χ0v) is 9.52. The Morgan fingerprint density at radius 3 is 2.69 bits per heavy atom. The van der Waals surface area contributed by atoms with Gasteiger partial charge in [0.05, 0.1) is 18.7 Å². The lowest BCUT2D eigenvalue weighted by Crippen LogP contribution is -2.11. The average Bonchev–Trinajstić information content (AvgIpc) is 2.28.